The Kier molecular flexibility index (Phi) is 5.26. The van der Waals surface area contributed by atoms with Gasteiger partial charge in [0, 0.05) is 12.6 Å². The zero-order valence-corrected chi connectivity index (χ0v) is 13.7. The van der Waals surface area contributed by atoms with Crippen LogP contribution in [0.3, 0.4) is 0 Å². The predicted octanol–water partition coefficient (Wildman–Crippen LogP) is 5.04. The molecule has 0 heterocycles. The molecule has 1 aromatic carbocycles. The van der Waals surface area contributed by atoms with Crippen LogP contribution >= 0.6 is 0 Å². The van der Waals surface area contributed by atoms with Crippen molar-refractivity contribution in [1.29, 1.82) is 0 Å². The van der Waals surface area contributed by atoms with Crippen molar-refractivity contribution < 1.29 is 0 Å². The van der Waals surface area contributed by atoms with Crippen LogP contribution in [0.15, 0.2) is 24.3 Å². The minimum atomic E-state index is 0.251. The Balaban J connectivity index is 1.84. The molecule has 1 unspecified atom stereocenters. The fourth-order valence-electron chi connectivity index (χ4n) is 3.20. The van der Waals surface area contributed by atoms with Crippen LogP contribution in [-0.4, -0.2) is 6.04 Å². The lowest BCUT2D eigenvalue weighted by atomic mass is 9.84. The fourth-order valence-corrected chi connectivity index (χ4v) is 3.20. The summed E-state index contributed by atoms with van der Waals surface area (Å²) in [5.41, 5.74) is 3.07. The van der Waals surface area contributed by atoms with Crippen LogP contribution in [0.1, 0.15) is 70.9 Å². The summed E-state index contributed by atoms with van der Waals surface area (Å²) in [6.07, 6.45) is 7.12. The van der Waals surface area contributed by atoms with Gasteiger partial charge in [0.1, 0.15) is 0 Å². The largest absolute Gasteiger partial charge is 0.310 e. The van der Waals surface area contributed by atoms with E-state index in [1.165, 1.54) is 43.2 Å². The average Bonchev–Trinajstić information content (AvgIpc) is 2.45. The van der Waals surface area contributed by atoms with Crippen molar-refractivity contribution >= 4 is 0 Å². The molecular formula is C19H31N. The van der Waals surface area contributed by atoms with Crippen LogP contribution in [0.2, 0.25) is 0 Å². The van der Waals surface area contributed by atoms with Gasteiger partial charge in [0.2, 0.25) is 0 Å². The van der Waals surface area contributed by atoms with Gasteiger partial charge < -0.3 is 5.32 Å². The number of rotatable bonds is 4. The predicted molar refractivity (Wildman–Crippen MR) is 88.0 cm³/mol. The van der Waals surface area contributed by atoms with Gasteiger partial charge in [-0.15, -0.1) is 0 Å². The lowest BCUT2D eigenvalue weighted by molar-refractivity contribution is 0.280. The highest BCUT2D eigenvalue weighted by molar-refractivity contribution is 5.27. The Labute approximate surface area is 125 Å². The molecule has 0 saturated heterocycles. The minimum absolute atomic E-state index is 0.251. The molecule has 1 atom stereocenters. The number of nitrogens with one attached hydrogen (secondary N) is 1. The number of hydrogen-bond acceptors (Lipinski definition) is 1. The van der Waals surface area contributed by atoms with E-state index in [0.29, 0.717) is 6.04 Å². The standard InChI is InChI=1S/C19H31N/c1-15(17-8-6-5-7-9-17)20-14-16-10-12-18(13-11-16)19(2,3)4/h10-13,15,17,20H,5-9,14H2,1-4H3. The van der Waals surface area contributed by atoms with Gasteiger partial charge in [0.25, 0.3) is 0 Å². The minimum Gasteiger partial charge on any atom is -0.310 e. The van der Waals surface area contributed by atoms with E-state index < -0.39 is 0 Å². The lowest BCUT2D eigenvalue weighted by Gasteiger charge is -2.28. The maximum atomic E-state index is 3.73. The first-order chi connectivity index (χ1) is 9.47. The maximum Gasteiger partial charge on any atom is 0.0208 e. The molecule has 0 bridgehead atoms. The summed E-state index contributed by atoms with van der Waals surface area (Å²) in [5, 5.41) is 3.73. The van der Waals surface area contributed by atoms with Gasteiger partial charge in [0.15, 0.2) is 0 Å². The van der Waals surface area contributed by atoms with E-state index in [9.17, 15) is 0 Å². The first kappa shape index (κ1) is 15.6. The van der Waals surface area contributed by atoms with Crippen LogP contribution in [0.25, 0.3) is 0 Å². The van der Waals surface area contributed by atoms with E-state index in [0.717, 1.165) is 12.5 Å². The van der Waals surface area contributed by atoms with Gasteiger partial charge in [-0.1, -0.05) is 64.3 Å². The number of benzene rings is 1. The van der Waals surface area contributed by atoms with Gasteiger partial charge in [-0.3, -0.25) is 0 Å². The second-order valence-electron chi connectivity index (χ2n) is 7.51. The third-order valence-electron chi connectivity index (χ3n) is 4.81. The molecule has 1 nitrogen and oxygen atoms in total. The lowest BCUT2D eigenvalue weighted by Crippen LogP contribution is -2.34. The van der Waals surface area contributed by atoms with Crippen molar-refractivity contribution in [2.45, 2.75) is 77.8 Å². The van der Waals surface area contributed by atoms with E-state index in [2.05, 4.69) is 57.3 Å². The van der Waals surface area contributed by atoms with Gasteiger partial charge in [-0.05, 0) is 42.2 Å². The molecule has 1 saturated carbocycles. The topological polar surface area (TPSA) is 12.0 Å². The van der Waals surface area contributed by atoms with Crippen LogP contribution in [0.5, 0.6) is 0 Å². The van der Waals surface area contributed by atoms with Gasteiger partial charge >= 0.3 is 0 Å². The third-order valence-corrected chi connectivity index (χ3v) is 4.81. The summed E-state index contributed by atoms with van der Waals surface area (Å²) in [6.45, 7) is 10.2. The summed E-state index contributed by atoms with van der Waals surface area (Å²) < 4.78 is 0. The molecule has 0 aromatic heterocycles. The molecule has 112 valence electrons. The zero-order chi connectivity index (χ0) is 14.6. The zero-order valence-electron chi connectivity index (χ0n) is 13.7. The summed E-state index contributed by atoms with van der Waals surface area (Å²) in [4.78, 5) is 0. The van der Waals surface area contributed by atoms with Gasteiger partial charge in [-0.25, -0.2) is 0 Å². The summed E-state index contributed by atoms with van der Waals surface area (Å²) in [7, 11) is 0. The second-order valence-corrected chi connectivity index (χ2v) is 7.51. The Morgan fingerprint density at radius 1 is 1.05 bits per heavy atom. The maximum absolute atomic E-state index is 3.73. The first-order valence-electron chi connectivity index (χ1n) is 8.29. The van der Waals surface area contributed by atoms with E-state index in [4.69, 9.17) is 0 Å². The quantitative estimate of drug-likeness (QED) is 0.810. The van der Waals surface area contributed by atoms with Gasteiger partial charge in [-0.2, -0.15) is 0 Å². The molecule has 1 fully saturated rings. The molecule has 1 aliphatic rings. The first-order valence-corrected chi connectivity index (χ1v) is 8.29. The molecule has 0 spiro atoms. The molecule has 1 aromatic rings. The molecule has 1 N–H and O–H groups in total. The van der Waals surface area contributed by atoms with Crippen molar-refractivity contribution in [2.75, 3.05) is 0 Å². The molecule has 0 aliphatic heterocycles. The fraction of sp³-hybridized carbons (Fsp3) is 0.684. The van der Waals surface area contributed by atoms with Crippen molar-refractivity contribution in [1.82, 2.24) is 5.32 Å². The normalized spacial score (nSPS) is 19.0. The Morgan fingerprint density at radius 2 is 1.65 bits per heavy atom. The molecule has 0 amide bonds. The molecule has 1 heteroatoms. The molecule has 1 aliphatic carbocycles. The third kappa shape index (κ3) is 4.34. The Morgan fingerprint density at radius 3 is 2.20 bits per heavy atom. The van der Waals surface area contributed by atoms with E-state index in [1.54, 1.807) is 0 Å². The molecular weight excluding hydrogens is 242 g/mol. The average molecular weight is 273 g/mol. The van der Waals surface area contributed by atoms with Crippen LogP contribution < -0.4 is 5.32 Å². The second kappa shape index (κ2) is 6.76. The summed E-state index contributed by atoms with van der Waals surface area (Å²) in [5.74, 6) is 0.887. The SMILES string of the molecule is CC(NCc1ccc(C(C)(C)C)cc1)C1CCCCC1. The van der Waals surface area contributed by atoms with Crippen LogP contribution in [-0.2, 0) is 12.0 Å². The van der Waals surface area contributed by atoms with Gasteiger partial charge in [0.05, 0.1) is 0 Å². The monoisotopic (exact) mass is 273 g/mol. The van der Waals surface area contributed by atoms with E-state index in [1.807, 2.05) is 0 Å². The highest BCUT2D eigenvalue weighted by Crippen LogP contribution is 2.26. The van der Waals surface area contributed by atoms with Crippen molar-refractivity contribution in [3.8, 4) is 0 Å². The molecule has 20 heavy (non-hydrogen) atoms. The van der Waals surface area contributed by atoms with Crippen molar-refractivity contribution in [3.05, 3.63) is 35.4 Å². The number of hydrogen-bond donors (Lipinski definition) is 1. The van der Waals surface area contributed by atoms with E-state index >= 15 is 0 Å². The van der Waals surface area contributed by atoms with E-state index in [-0.39, 0.29) is 5.41 Å². The van der Waals surface area contributed by atoms with Crippen LogP contribution in [0, 0.1) is 5.92 Å². The molecule has 0 radical (unpaired) electrons. The summed E-state index contributed by atoms with van der Waals surface area (Å²) in [6, 6.07) is 9.77. The summed E-state index contributed by atoms with van der Waals surface area (Å²) >= 11 is 0. The van der Waals surface area contributed by atoms with Crippen LogP contribution in [0.4, 0.5) is 0 Å². The van der Waals surface area contributed by atoms with Crippen molar-refractivity contribution in [3.63, 3.8) is 0 Å². The highest BCUT2D eigenvalue weighted by Gasteiger charge is 2.19. The Hall–Kier alpha value is -0.820. The Bertz CT molecular complexity index is 393. The highest BCUT2D eigenvalue weighted by atomic mass is 14.9. The van der Waals surface area contributed by atoms with Crippen molar-refractivity contribution in [2.24, 2.45) is 5.92 Å². The molecule has 2 rings (SSSR count). The smallest absolute Gasteiger partial charge is 0.0208 e.